The van der Waals surface area contributed by atoms with Crippen LogP contribution in [0.25, 0.3) is 11.5 Å². The topological polar surface area (TPSA) is 83.7 Å². The maximum absolute atomic E-state index is 12.4. The Morgan fingerprint density at radius 1 is 1.04 bits per heavy atom. The van der Waals surface area contributed by atoms with Gasteiger partial charge in [0.05, 0.1) is 14.2 Å². The van der Waals surface area contributed by atoms with Gasteiger partial charge in [0.15, 0.2) is 6.61 Å². The lowest BCUT2D eigenvalue weighted by Crippen LogP contribution is -2.09. The molecule has 0 spiro atoms. The summed E-state index contributed by atoms with van der Waals surface area (Å²) < 4.78 is 22.1. The lowest BCUT2D eigenvalue weighted by molar-refractivity contribution is 0.0431. The molecular formula is C18H15BrN2O5. The van der Waals surface area contributed by atoms with Crippen LogP contribution in [0, 0.1) is 0 Å². The van der Waals surface area contributed by atoms with Crippen molar-refractivity contribution in [2.75, 3.05) is 14.2 Å². The molecule has 0 saturated heterocycles. The highest BCUT2D eigenvalue weighted by atomic mass is 79.9. The summed E-state index contributed by atoms with van der Waals surface area (Å²) in [6.07, 6.45) is 0. The fraction of sp³-hybridized carbons (Fsp3) is 0.167. The molecule has 0 unspecified atom stereocenters. The summed E-state index contributed by atoms with van der Waals surface area (Å²) in [4.78, 5) is 12.4. The molecule has 0 amide bonds. The molecule has 0 bridgehead atoms. The van der Waals surface area contributed by atoms with Crippen LogP contribution in [0.4, 0.5) is 0 Å². The largest absolute Gasteiger partial charge is 0.496 e. The first-order valence-corrected chi connectivity index (χ1v) is 8.38. The van der Waals surface area contributed by atoms with E-state index in [-0.39, 0.29) is 18.1 Å². The first-order chi connectivity index (χ1) is 12.6. The third-order valence-electron chi connectivity index (χ3n) is 3.52. The number of aromatic nitrogens is 2. The number of methoxy groups -OCH3 is 2. The molecule has 0 radical (unpaired) electrons. The molecule has 1 heterocycles. The van der Waals surface area contributed by atoms with E-state index in [1.54, 1.807) is 18.2 Å². The van der Waals surface area contributed by atoms with E-state index < -0.39 is 5.97 Å². The molecule has 7 nitrogen and oxygen atoms in total. The second-order valence-electron chi connectivity index (χ2n) is 5.12. The highest BCUT2D eigenvalue weighted by molar-refractivity contribution is 9.10. The van der Waals surface area contributed by atoms with Gasteiger partial charge in [0, 0.05) is 10.0 Å². The van der Waals surface area contributed by atoms with Gasteiger partial charge in [-0.1, -0.05) is 22.0 Å². The molecule has 3 rings (SSSR count). The summed E-state index contributed by atoms with van der Waals surface area (Å²) in [5.41, 5.74) is 0.967. The number of ether oxygens (including phenoxy) is 3. The maximum Gasteiger partial charge on any atom is 0.346 e. The Labute approximate surface area is 158 Å². The van der Waals surface area contributed by atoms with E-state index in [4.69, 9.17) is 18.6 Å². The summed E-state index contributed by atoms with van der Waals surface area (Å²) in [5, 5.41) is 7.86. The normalized spacial score (nSPS) is 10.4. The molecular weight excluding hydrogens is 404 g/mol. The smallest absolute Gasteiger partial charge is 0.346 e. The van der Waals surface area contributed by atoms with Crippen molar-refractivity contribution in [1.82, 2.24) is 10.2 Å². The molecule has 26 heavy (non-hydrogen) atoms. The number of esters is 1. The van der Waals surface area contributed by atoms with Crippen molar-refractivity contribution in [3.8, 4) is 23.0 Å². The van der Waals surface area contributed by atoms with E-state index in [2.05, 4.69) is 26.1 Å². The number of benzene rings is 2. The number of rotatable bonds is 6. The quantitative estimate of drug-likeness (QED) is 0.561. The second-order valence-corrected chi connectivity index (χ2v) is 6.04. The van der Waals surface area contributed by atoms with Crippen LogP contribution in [0.2, 0.25) is 0 Å². The van der Waals surface area contributed by atoms with Crippen LogP contribution < -0.4 is 9.47 Å². The van der Waals surface area contributed by atoms with Crippen LogP contribution in [-0.2, 0) is 11.3 Å². The molecule has 2 aromatic carbocycles. The fourth-order valence-corrected chi connectivity index (χ4v) is 2.54. The van der Waals surface area contributed by atoms with Gasteiger partial charge in [-0.15, -0.1) is 10.2 Å². The standard InChI is InChI=1S/C18H15BrN2O5/c1-23-13-4-3-5-14(24-2)16(13)18(22)25-10-15-20-21-17(26-15)11-6-8-12(19)9-7-11/h3-9H,10H2,1-2H3. The minimum atomic E-state index is -0.609. The molecule has 0 atom stereocenters. The highest BCUT2D eigenvalue weighted by Crippen LogP contribution is 2.29. The number of nitrogens with zero attached hydrogens (tertiary/aromatic N) is 2. The van der Waals surface area contributed by atoms with Gasteiger partial charge in [-0.25, -0.2) is 4.79 Å². The SMILES string of the molecule is COc1cccc(OC)c1C(=O)OCc1nnc(-c2ccc(Br)cc2)o1. The van der Waals surface area contributed by atoms with Crippen LogP contribution in [0.3, 0.4) is 0 Å². The Hall–Kier alpha value is -2.87. The van der Waals surface area contributed by atoms with Gasteiger partial charge in [-0.3, -0.25) is 0 Å². The summed E-state index contributed by atoms with van der Waals surface area (Å²) in [5.74, 6) is 0.636. The minimum absolute atomic E-state index is 0.163. The van der Waals surface area contributed by atoms with E-state index in [0.717, 1.165) is 10.0 Å². The van der Waals surface area contributed by atoms with E-state index in [1.807, 2.05) is 24.3 Å². The molecule has 1 aromatic heterocycles. The molecule has 8 heteroatoms. The van der Waals surface area contributed by atoms with Crippen LogP contribution in [0.15, 0.2) is 51.4 Å². The summed E-state index contributed by atoms with van der Waals surface area (Å²) in [7, 11) is 2.93. The van der Waals surface area contributed by atoms with Crippen molar-refractivity contribution < 1.29 is 23.4 Å². The van der Waals surface area contributed by atoms with E-state index >= 15 is 0 Å². The van der Waals surface area contributed by atoms with Crippen LogP contribution >= 0.6 is 15.9 Å². The van der Waals surface area contributed by atoms with Gasteiger partial charge in [0.25, 0.3) is 5.89 Å². The number of halogens is 1. The predicted octanol–water partition coefficient (Wildman–Crippen LogP) is 3.87. The monoisotopic (exact) mass is 418 g/mol. The Balaban J connectivity index is 1.72. The van der Waals surface area contributed by atoms with Gasteiger partial charge < -0.3 is 18.6 Å². The number of carbonyl (C=O) groups is 1. The summed E-state index contributed by atoms with van der Waals surface area (Å²) in [6, 6.07) is 12.4. The van der Waals surface area contributed by atoms with Crippen molar-refractivity contribution in [3.05, 3.63) is 58.4 Å². The molecule has 0 aliphatic heterocycles. The number of carbonyl (C=O) groups excluding carboxylic acids is 1. The average Bonchev–Trinajstić information content (AvgIpc) is 3.15. The van der Waals surface area contributed by atoms with Gasteiger partial charge in [0.2, 0.25) is 5.89 Å². The zero-order valence-corrected chi connectivity index (χ0v) is 15.6. The van der Waals surface area contributed by atoms with Gasteiger partial charge in [-0.05, 0) is 36.4 Å². The Kier molecular flexibility index (Phi) is 5.52. The average molecular weight is 419 g/mol. The van der Waals surface area contributed by atoms with Crippen molar-refractivity contribution in [2.24, 2.45) is 0 Å². The summed E-state index contributed by atoms with van der Waals surface area (Å²) >= 11 is 3.37. The molecule has 0 aliphatic rings. The van der Waals surface area contributed by atoms with Crippen LogP contribution in [0.5, 0.6) is 11.5 Å². The first-order valence-electron chi connectivity index (χ1n) is 7.59. The molecule has 0 fully saturated rings. The van der Waals surface area contributed by atoms with Crippen molar-refractivity contribution in [2.45, 2.75) is 6.61 Å². The molecule has 0 N–H and O–H groups in total. The zero-order valence-electron chi connectivity index (χ0n) is 14.1. The van der Waals surface area contributed by atoms with Crippen molar-refractivity contribution >= 4 is 21.9 Å². The van der Waals surface area contributed by atoms with Gasteiger partial charge in [-0.2, -0.15) is 0 Å². The van der Waals surface area contributed by atoms with Crippen LogP contribution in [0.1, 0.15) is 16.2 Å². The Morgan fingerprint density at radius 3 is 2.31 bits per heavy atom. The first kappa shape index (κ1) is 17.9. The minimum Gasteiger partial charge on any atom is -0.496 e. The highest BCUT2D eigenvalue weighted by Gasteiger charge is 2.20. The third kappa shape index (κ3) is 3.85. The number of hydrogen-bond donors (Lipinski definition) is 0. The lowest BCUT2D eigenvalue weighted by atomic mass is 10.2. The Morgan fingerprint density at radius 2 is 1.69 bits per heavy atom. The van der Waals surface area contributed by atoms with Crippen molar-refractivity contribution in [1.29, 1.82) is 0 Å². The van der Waals surface area contributed by atoms with E-state index in [1.165, 1.54) is 14.2 Å². The van der Waals surface area contributed by atoms with Gasteiger partial charge >= 0.3 is 5.97 Å². The fourth-order valence-electron chi connectivity index (χ4n) is 2.27. The second kappa shape index (κ2) is 8.01. The maximum atomic E-state index is 12.4. The molecule has 3 aromatic rings. The van der Waals surface area contributed by atoms with Gasteiger partial charge in [0.1, 0.15) is 17.1 Å². The molecule has 0 saturated carbocycles. The predicted molar refractivity (Wildman–Crippen MR) is 96.1 cm³/mol. The van der Waals surface area contributed by atoms with Crippen LogP contribution in [-0.4, -0.2) is 30.4 Å². The van der Waals surface area contributed by atoms with E-state index in [9.17, 15) is 4.79 Å². The number of hydrogen-bond acceptors (Lipinski definition) is 7. The lowest BCUT2D eigenvalue weighted by Gasteiger charge is -2.11. The molecule has 134 valence electrons. The third-order valence-corrected chi connectivity index (χ3v) is 4.05. The zero-order chi connectivity index (χ0) is 18.5. The van der Waals surface area contributed by atoms with E-state index in [0.29, 0.717) is 17.4 Å². The summed E-state index contributed by atoms with van der Waals surface area (Å²) in [6.45, 7) is -0.163. The Bertz CT molecular complexity index is 886. The van der Waals surface area contributed by atoms with Crippen molar-refractivity contribution in [3.63, 3.8) is 0 Å². The molecule has 0 aliphatic carbocycles.